The fourth-order valence-corrected chi connectivity index (χ4v) is 4.23. The molecular formula is C18H24N2O. The van der Waals surface area contributed by atoms with Crippen LogP contribution in [0.2, 0.25) is 0 Å². The number of carbonyl (C=O) groups excluding carboxylic acids is 1. The van der Waals surface area contributed by atoms with Crippen molar-refractivity contribution in [2.24, 2.45) is 5.92 Å². The van der Waals surface area contributed by atoms with Gasteiger partial charge in [-0.1, -0.05) is 43.2 Å². The molecule has 3 heteroatoms. The second-order valence-electron chi connectivity index (χ2n) is 6.97. The molecule has 3 fully saturated rings. The second-order valence-corrected chi connectivity index (χ2v) is 6.97. The maximum atomic E-state index is 12.4. The molecule has 0 bridgehead atoms. The molecule has 21 heavy (non-hydrogen) atoms. The molecule has 0 radical (unpaired) electrons. The van der Waals surface area contributed by atoms with Crippen LogP contribution in [-0.4, -0.2) is 24.0 Å². The van der Waals surface area contributed by atoms with Crippen molar-refractivity contribution in [3.05, 3.63) is 35.9 Å². The van der Waals surface area contributed by atoms with E-state index in [0.717, 1.165) is 18.8 Å². The lowest BCUT2D eigenvalue weighted by atomic mass is 9.85. The molecule has 1 heterocycles. The summed E-state index contributed by atoms with van der Waals surface area (Å²) in [5.74, 6) is 1.49. The van der Waals surface area contributed by atoms with Gasteiger partial charge < -0.3 is 10.6 Å². The van der Waals surface area contributed by atoms with Crippen molar-refractivity contribution < 1.29 is 4.79 Å². The largest absolute Gasteiger partial charge is 0.351 e. The number of fused-ring (bicyclic) bond motifs is 1. The van der Waals surface area contributed by atoms with E-state index in [4.69, 9.17) is 0 Å². The van der Waals surface area contributed by atoms with E-state index in [2.05, 4.69) is 34.9 Å². The minimum atomic E-state index is 0.0510. The van der Waals surface area contributed by atoms with Crippen LogP contribution in [-0.2, 0) is 4.79 Å². The number of carbonyl (C=O) groups is 1. The van der Waals surface area contributed by atoms with Gasteiger partial charge in [-0.15, -0.1) is 0 Å². The molecule has 1 saturated heterocycles. The Bertz CT molecular complexity index is 501. The summed E-state index contributed by atoms with van der Waals surface area (Å²) in [5.41, 5.74) is 1.36. The van der Waals surface area contributed by atoms with Crippen LogP contribution >= 0.6 is 0 Å². The van der Waals surface area contributed by atoms with Crippen LogP contribution in [0.1, 0.15) is 50.0 Å². The molecule has 3 nitrogen and oxygen atoms in total. The van der Waals surface area contributed by atoms with Crippen molar-refractivity contribution in [2.45, 2.75) is 62.6 Å². The monoisotopic (exact) mass is 284 g/mol. The highest BCUT2D eigenvalue weighted by atomic mass is 16.2. The second kappa shape index (κ2) is 5.45. The van der Waals surface area contributed by atoms with Crippen molar-refractivity contribution in [1.82, 2.24) is 10.6 Å². The number of amides is 1. The van der Waals surface area contributed by atoms with Crippen LogP contribution < -0.4 is 10.6 Å². The molecule has 5 unspecified atom stereocenters. The molecule has 4 rings (SSSR count). The van der Waals surface area contributed by atoms with E-state index in [0.29, 0.717) is 18.0 Å². The van der Waals surface area contributed by atoms with Gasteiger partial charge in [-0.05, 0) is 37.2 Å². The van der Waals surface area contributed by atoms with Gasteiger partial charge in [0.15, 0.2) is 0 Å². The molecule has 1 aromatic carbocycles. The van der Waals surface area contributed by atoms with E-state index in [1.165, 1.54) is 31.2 Å². The molecule has 5 atom stereocenters. The zero-order valence-corrected chi connectivity index (χ0v) is 12.4. The quantitative estimate of drug-likeness (QED) is 0.895. The summed E-state index contributed by atoms with van der Waals surface area (Å²) in [6.07, 6.45) is 7.35. The van der Waals surface area contributed by atoms with Gasteiger partial charge in [0.25, 0.3) is 0 Å². The number of nitrogens with one attached hydrogen (secondary N) is 2. The first-order chi connectivity index (χ1) is 10.3. The number of rotatable bonds is 3. The molecule has 0 aromatic heterocycles. The van der Waals surface area contributed by atoms with E-state index in [1.54, 1.807) is 0 Å². The summed E-state index contributed by atoms with van der Waals surface area (Å²) in [7, 11) is 0. The third kappa shape index (κ3) is 2.71. The predicted molar refractivity (Wildman–Crippen MR) is 83.0 cm³/mol. The Hall–Kier alpha value is -1.35. The topological polar surface area (TPSA) is 41.1 Å². The predicted octanol–water partition coefficient (Wildman–Crippen LogP) is 2.58. The van der Waals surface area contributed by atoms with E-state index in [1.807, 2.05) is 6.07 Å². The number of hydrogen-bond acceptors (Lipinski definition) is 2. The molecule has 112 valence electrons. The fourth-order valence-electron chi connectivity index (χ4n) is 4.23. The van der Waals surface area contributed by atoms with E-state index in [-0.39, 0.29) is 11.9 Å². The SMILES string of the molecule is O=C(NC1CC1c1ccccc1)C1CC2CCCCC2N1. The van der Waals surface area contributed by atoms with E-state index < -0.39 is 0 Å². The fraction of sp³-hybridized carbons (Fsp3) is 0.611. The van der Waals surface area contributed by atoms with Crippen molar-refractivity contribution in [3.8, 4) is 0 Å². The lowest BCUT2D eigenvalue weighted by Crippen LogP contribution is -2.44. The Balaban J connectivity index is 1.31. The van der Waals surface area contributed by atoms with Gasteiger partial charge in [-0.3, -0.25) is 4.79 Å². The normalized spacial score (nSPS) is 37.8. The van der Waals surface area contributed by atoms with Gasteiger partial charge in [0, 0.05) is 18.0 Å². The summed E-state index contributed by atoms with van der Waals surface area (Å²) < 4.78 is 0. The van der Waals surface area contributed by atoms with Crippen LogP contribution in [0.4, 0.5) is 0 Å². The summed E-state index contributed by atoms with van der Waals surface area (Å²) in [6.45, 7) is 0. The first-order valence-corrected chi connectivity index (χ1v) is 8.42. The zero-order valence-electron chi connectivity index (χ0n) is 12.4. The maximum absolute atomic E-state index is 12.4. The Kier molecular flexibility index (Phi) is 3.46. The summed E-state index contributed by atoms with van der Waals surface area (Å²) in [4.78, 5) is 12.4. The first-order valence-electron chi connectivity index (χ1n) is 8.42. The van der Waals surface area contributed by atoms with Gasteiger partial charge in [-0.25, -0.2) is 0 Å². The van der Waals surface area contributed by atoms with Crippen molar-refractivity contribution in [2.75, 3.05) is 0 Å². The summed E-state index contributed by atoms with van der Waals surface area (Å²) in [5, 5.41) is 6.82. The summed E-state index contributed by atoms with van der Waals surface area (Å²) >= 11 is 0. The lowest BCUT2D eigenvalue weighted by Gasteiger charge is -2.24. The Morgan fingerprint density at radius 3 is 2.71 bits per heavy atom. The van der Waals surface area contributed by atoms with Crippen LogP contribution in [0.25, 0.3) is 0 Å². The smallest absolute Gasteiger partial charge is 0.237 e. The van der Waals surface area contributed by atoms with Gasteiger partial charge in [0.1, 0.15) is 0 Å². The average Bonchev–Trinajstić information content (AvgIpc) is 3.14. The molecule has 1 aliphatic heterocycles. The minimum absolute atomic E-state index is 0.0510. The van der Waals surface area contributed by atoms with Crippen LogP contribution in [0.3, 0.4) is 0 Å². The molecule has 1 amide bonds. The Labute approximate surface area is 126 Å². The third-order valence-electron chi connectivity index (χ3n) is 5.53. The Morgan fingerprint density at radius 2 is 1.90 bits per heavy atom. The molecular weight excluding hydrogens is 260 g/mol. The molecule has 1 aromatic rings. The maximum Gasteiger partial charge on any atom is 0.237 e. The van der Waals surface area contributed by atoms with E-state index >= 15 is 0 Å². The van der Waals surface area contributed by atoms with Gasteiger partial charge in [0.05, 0.1) is 6.04 Å². The van der Waals surface area contributed by atoms with Crippen molar-refractivity contribution >= 4 is 5.91 Å². The highest BCUT2D eigenvalue weighted by Crippen LogP contribution is 2.41. The third-order valence-corrected chi connectivity index (χ3v) is 5.53. The van der Waals surface area contributed by atoms with Gasteiger partial charge in [-0.2, -0.15) is 0 Å². The standard InChI is InChI=1S/C18H24N2O/c21-18(17-10-13-8-4-5-9-15(13)19-17)20-16-11-14(16)12-6-2-1-3-7-12/h1-3,6-7,13-17,19H,4-5,8-11H2,(H,20,21). The van der Waals surface area contributed by atoms with E-state index in [9.17, 15) is 4.79 Å². The van der Waals surface area contributed by atoms with Crippen LogP contribution in [0.15, 0.2) is 30.3 Å². The van der Waals surface area contributed by atoms with Crippen LogP contribution in [0, 0.1) is 5.92 Å². The lowest BCUT2D eigenvalue weighted by molar-refractivity contribution is -0.123. The minimum Gasteiger partial charge on any atom is -0.351 e. The van der Waals surface area contributed by atoms with Gasteiger partial charge >= 0.3 is 0 Å². The summed E-state index contributed by atoms with van der Waals surface area (Å²) in [6, 6.07) is 11.5. The van der Waals surface area contributed by atoms with Gasteiger partial charge in [0.2, 0.25) is 5.91 Å². The number of hydrogen-bond donors (Lipinski definition) is 2. The van der Waals surface area contributed by atoms with Crippen LogP contribution in [0.5, 0.6) is 0 Å². The van der Waals surface area contributed by atoms with Crippen molar-refractivity contribution in [1.29, 1.82) is 0 Å². The van der Waals surface area contributed by atoms with Crippen molar-refractivity contribution in [3.63, 3.8) is 0 Å². The molecule has 2 N–H and O–H groups in total. The zero-order chi connectivity index (χ0) is 14.2. The Morgan fingerprint density at radius 1 is 1.10 bits per heavy atom. The average molecular weight is 284 g/mol. The molecule has 2 saturated carbocycles. The highest BCUT2D eigenvalue weighted by Gasteiger charge is 2.43. The molecule has 2 aliphatic carbocycles. The molecule has 3 aliphatic rings. The first kappa shape index (κ1) is 13.3. The number of benzene rings is 1. The highest BCUT2D eigenvalue weighted by molar-refractivity contribution is 5.83. The molecule has 0 spiro atoms.